The van der Waals surface area contributed by atoms with Crippen molar-refractivity contribution in [2.24, 2.45) is 5.92 Å². The topological polar surface area (TPSA) is 49.8 Å². The summed E-state index contributed by atoms with van der Waals surface area (Å²) in [5.41, 5.74) is 2.69. The zero-order chi connectivity index (χ0) is 15.0. The number of aryl methyl sites for hydroxylation is 1. The van der Waals surface area contributed by atoms with Gasteiger partial charge < -0.3 is 9.84 Å². The van der Waals surface area contributed by atoms with E-state index in [2.05, 4.69) is 24.0 Å². The normalized spacial score (nSPS) is 29.1. The van der Waals surface area contributed by atoms with E-state index in [1.807, 2.05) is 6.07 Å². The van der Waals surface area contributed by atoms with Gasteiger partial charge in [0.15, 0.2) is 0 Å². The van der Waals surface area contributed by atoms with Crippen LogP contribution in [0.3, 0.4) is 0 Å². The highest BCUT2D eigenvalue weighted by molar-refractivity contribution is 5.74. The Kier molecular flexibility index (Phi) is 3.89. The molecular formula is C17H23NO3. The fourth-order valence-corrected chi connectivity index (χ4v) is 3.90. The third kappa shape index (κ3) is 2.64. The molecule has 3 unspecified atom stereocenters. The van der Waals surface area contributed by atoms with Crippen LogP contribution in [0.1, 0.15) is 30.9 Å². The third-order valence-electron chi connectivity index (χ3n) is 5.08. The molecule has 0 aromatic heterocycles. The van der Waals surface area contributed by atoms with Crippen LogP contribution in [0.5, 0.6) is 5.75 Å². The van der Waals surface area contributed by atoms with Crippen molar-refractivity contribution < 1.29 is 14.6 Å². The molecule has 1 aliphatic heterocycles. The predicted molar refractivity (Wildman–Crippen MR) is 80.7 cm³/mol. The van der Waals surface area contributed by atoms with E-state index in [0.29, 0.717) is 6.04 Å². The Labute approximate surface area is 125 Å². The lowest BCUT2D eigenvalue weighted by Gasteiger charge is -2.35. The van der Waals surface area contributed by atoms with Gasteiger partial charge in [-0.15, -0.1) is 0 Å². The van der Waals surface area contributed by atoms with E-state index >= 15 is 0 Å². The molecule has 1 aliphatic carbocycles. The summed E-state index contributed by atoms with van der Waals surface area (Å²) in [6.07, 6.45) is 4.00. The molecule has 2 aliphatic rings. The molecule has 3 atom stereocenters. The van der Waals surface area contributed by atoms with Crippen LogP contribution in [0.2, 0.25) is 0 Å². The summed E-state index contributed by atoms with van der Waals surface area (Å²) in [5, 5.41) is 9.50. The Hall–Kier alpha value is -1.55. The molecule has 1 heterocycles. The van der Waals surface area contributed by atoms with E-state index in [0.717, 1.165) is 38.0 Å². The van der Waals surface area contributed by atoms with E-state index in [1.54, 1.807) is 7.11 Å². The number of carbonyl (C=O) groups is 1. The minimum Gasteiger partial charge on any atom is -0.497 e. The lowest BCUT2D eigenvalue weighted by molar-refractivity contribution is -0.144. The zero-order valence-electron chi connectivity index (χ0n) is 12.7. The van der Waals surface area contributed by atoms with Crippen LogP contribution < -0.4 is 4.74 Å². The largest absolute Gasteiger partial charge is 0.497 e. The molecule has 0 radical (unpaired) electrons. The second kappa shape index (κ2) is 5.68. The van der Waals surface area contributed by atoms with Crippen molar-refractivity contribution in [1.82, 2.24) is 4.90 Å². The molecule has 1 aromatic rings. The minimum absolute atomic E-state index is 0.245. The molecule has 114 valence electrons. The SMILES string of the molecule is COc1ccc2c(c1)CC(N1CCC(C)C1C(=O)O)CC2. The van der Waals surface area contributed by atoms with Gasteiger partial charge in [-0.3, -0.25) is 9.69 Å². The number of carboxylic acid groups (broad SMARTS) is 1. The number of rotatable bonds is 3. The number of ether oxygens (including phenoxy) is 1. The summed E-state index contributed by atoms with van der Waals surface area (Å²) in [6, 6.07) is 6.29. The minimum atomic E-state index is -0.670. The van der Waals surface area contributed by atoms with Crippen molar-refractivity contribution in [3.05, 3.63) is 29.3 Å². The van der Waals surface area contributed by atoms with E-state index in [-0.39, 0.29) is 12.0 Å². The Balaban J connectivity index is 1.80. The molecule has 0 spiro atoms. The maximum absolute atomic E-state index is 11.5. The number of nitrogens with zero attached hydrogens (tertiary/aromatic N) is 1. The molecule has 0 bridgehead atoms. The fourth-order valence-electron chi connectivity index (χ4n) is 3.90. The molecule has 4 nitrogen and oxygen atoms in total. The number of hydrogen-bond donors (Lipinski definition) is 1. The second-order valence-corrected chi connectivity index (χ2v) is 6.32. The van der Waals surface area contributed by atoms with Crippen LogP contribution in [-0.4, -0.2) is 41.7 Å². The number of carboxylic acids is 1. The highest BCUT2D eigenvalue weighted by Crippen LogP contribution is 2.33. The van der Waals surface area contributed by atoms with Gasteiger partial charge in [0.05, 0.1) is 7.11 Å². The molecule has 4 heteroatoms. The van der Waals surface area contributed by atoms with Gasteiger partial charge in [0.25, 0.3) is 0 Å². The van der Waals surface area contributed by atoms with Crippen LogP contribution in [0.4, 0.5) is 0 Å². The molecule has 1 saturated heterocycles. The number of hydrogen-bond acceptors (Lipinski definition) is 3. The van der Waals surface area contributed by atoms with Gasteiger partial charge in [0.2, 0.25) is 0 Å². The van der Waals surface area contributed by atoms with Gasteiger partial charge in [-0.25, -0.2) is 0 Å². The molecular weight excluding hydrogens is 266 g/mol. The van der Waals surface area contributed by atoms with Crippen molar-refractivity contribution in [3.8, 4) is 5.75 Å². The van der Waals surface area contributed by atoms with Crippen molar-refractivity contribution in [2.75, 3.05) is 13.7 Å². The van der Waals surface area contributed by atoms with Crippen LogP contribution in [0.15, 0.2) is 18.2 Å². The van der Waals surface area contributed by atoms with E-state index in [1.165, 1.54) is 11.1 Å². The van der Waals surface area contributed by atoms with Gasteiger partial charge in [0.1, 0.15) is 11.8 Å². The van der Waals surface area contributed by atoms with Crippen LogP contribution in [-0.2, 0) is 17.6 Å². The van der Waals surface area contributed by atoms with Gasteiger partial charge in [-0.05, 0) is 61.4 Å². The number of aliphatic carboxylic acids is 1. The van der Waals surface area contributed by atoms with E-state index in [4.69, 9.17) is 4.74 Å². The van der Waals surface area contributed by atoms with Gasteiger partial charge in [-0.2, -0.15) is 0 Å². The van der Waals surface area contributed by atoms with Crippen molar-refractivity contribution in [2.45, 2.75) is 44.7 Å². The Bertz CT molecular complexity index is 543. The first kappa shape index (κ1) is 14.4. The Morgan fingerprint density at radius 1 is 1.33 bits per heavy atom. The molecule has 0 saturated carbocycles. The highest BCUT2D eigenvalue weighted by Gasteiger charge is 2.41. The average Bonchev–Trinajstić information content (AvgIpc) is 2.88. The summed E-state index contributed by atoms with van der Waals surface area (Å²) in [7, 11) is 1.69. The van der Waals surface area contributed by atoms with Crippen molar-refractivity contribution in [3.63, 3.8) is 0 Å². The third-order valence-corrected chi connectivity index (χ3v) is 5.08. The number of benzene rings is 1. The maximum atomic E-state index is 11.5. The number of fused-ring (bicyclic) bond motifs is 1. The molecule has 0 amide bonds. The summed E-state index contributed by atoms with van der Waals surface area (Å²) in [4.78, 5) is 13.8. The van der Waals surface area contributed by atoms with Gasteiger partial charge >= 0.3 is 5.97 Å². The molecule has 3 rings (SSSR count). The fraction of sp³-hybridized carbons (Fsp3) is 0.588. The standard InChI is InChI=1S/C17H23NO3/c1-11-7-8-18(16(11)17(19)20)14-5-3-12-4-6-15(21-2)10-13(12)9-14/h4,6,10-11,14,16H,3,5,7-9H2,1-2H3,(H,19,20). The molecule has 1 N–H and O–H groups in total. The summed E-state index contributed by atoms with van der Waals surface area (Å²) in [5.74, 6) is 0.463. The first-order valence-electron chi connectivity index (χ1n) is 7.74. The van der Waals surface area contributed by atoms with Crippen LogP contribution in [0, 0.1) is 5.92 Å². The molecule has 1 fully saturated rings. The summed E-state index contributed by atoms with van der Waals surface area (Å²) in [6.45, 7) is 2.96. The zero-order valence-corrected chi connectivity index (χ0v) is 12.7. The van der Waals surface area contributed by atoms with E-state index < -0.39 is 5.97 Å². The predicted octanol–water partition coefficient (Wildman–Crippen LogP) is 2.35. The highest BCUT2D eigenvalue weighted by atomic mass is 16.5. The average molecular weight is 289 g/mol. The van der Waals surface area contributed by atoms with E-state index in [9.17, 15) is 9.90 Å². The van der Waals surface area contributed by atoms with Crippen molar-refractivity contribution >= 4 is 5.97 Å². The lowest BCUT2D eigenvalue weighted by Crippen LogP contribution is -2.47. The second-order valence-electron chi connectivity index (χ2n) is 6.32. The van der Waals surface area contributed by atoms with Crippen molar-refractivity contribution in [1.29, 1.82) is 0 Å². The lowest BCUT2D eigenvalue weighted by atomic mass is 9.87. The smallest absolute Gasteiger partial charge is 0.321 e. The molecule has 1 aromatic carbocycles. The van der Waals surface area contributed by atoms with Gasteiger partial charge in [-0.1, -0.05) is 13.0 Å². The quantitative estimate of drug-likeness (QED) is 0.928. The van der Waals surface area contributed by atoms with Crippen LogP contribution in [0.25, 0.3) is 0 Å². The maximum Gasteiger partial charge on any atom is 0.321 e. The monoisotopic (exact) mass is 289 g/mol. The first-order valence-corrected chi connectivity index (χ1v) is 7.74. The number of methoxy groups -OCH3 is 1. The summed E-state index contributed by atoms with van der Waals surface area (Å²) < 4.78 is 5.31. The Morgan fingerprint density at radius 3 is 2.86 bits per heavy atom. The summed E-state index contributed by atoms with van der Waals surface area (Å²) >= 11 is 0. The van der Waals surface area contributed by atoms with Crippen LogP contribution >= 0.6 is 0 Å². The Morgan fingerprint density at radius 2 is 2.14 bits per heavy atom. The molecule has 21 heavy (non-hydrogen) atoms. The van der Waals surface area contributed by atoms with Gasteiger partial charge in [0, 0.05) is 6.04 Å². The number of likely N-dealkylation sites (tertiary alicyclic amines) is 1. The first-order chi connectivity index (χ1) is 10.1.